The van der Waals surface area contributed by atoms with Gasteiger partial charge in [0.2, 0.25) is 5.78 Å². The Labute approximate surface area is 108 Å². The van der Waals surface area contributed by atoms with Gasteiger partial charge in [-0.1, -0.05) is 12.1 Å². The molecule has 104 valence electrons. The number of carbonyl (C=O) groups is 2. The molecule has 1 aromatic carbocycles. The first-order valence-corrected chi connectivity index (χ1v) is 5.60. The summed E-state index contributed by atoms with van der Waals surface area (Å²) in [6, 6.07) is 4.08. The van der Waals surface area contributed by atoms with Crippen LogP contribution in [-0.2, 0) is 26.9 Å². The van der Waals surface area contributed by atoms with Crippen LogP contribution in [0.2, 0.25) is 0 Å². The van der Waals surface area contributed by atoms with Crippen LogP contribution in [0.5, 0.6) is 0 Å². The summed E-state index contributed by atoms with van der Waals surface area (Å²) in [5.41, 5.74) is -0.466. The third-order valence-corrected chi connectivity index (χ3v) is 2.22. The molecule has 0 heterocycles. The molecule has 0 spiro atoms. The van der Waals surface area contributed by atoms with Gasteiger partial charge in [-0.3, -0.25) is 4.79 Å². The maximum Gasteiger partial charge on any atom is 0.416 e. The average molecular weight is 274 g/mol. The topological polar surface area (TPSA) is 43.4 Å². The Balaban J connectivity index is 2.68. The smallest absolute Gasteiger partial charge is 0.416 e. The number of hydrogen-bond donors (Lipinski definition) is 0. The zero-order valence-electron chi connectivity index (χ0n) is 10.5. The molecule has 0 saturated heterocycles. The van der Waals surface area contributed by atoms with Gasteiger partial charge in [0.05, 0.1) is 11.7 Å². The Hall–Kier alpha value is -1.85. The summed E-state index contributed by atoms with van der Waals surface area (Å²) in [5, 5.41) is 0. The molecular formula is C13H13F3O3. The van der Waals surface area contributed by atoms with Crippen molar-refractivity contribution in [1.29, 1.82) is 0 Å². The fourth-order valence-corrected chi connectivity index (χ4v) is 1.35. The first-order valence-electron chi connectivity index (χ1n) is 5.60. The highest BCUT2D eigenvalue weighted by atomic mass is 19.4. The molecule has 0 fully saturated rings. The van der Waals surface area contributed by atoms with Crippen LogP contribution in [0.3, 0.4) is 0 Å². The van der Waals surface area contributed by atoms with Crippen molar-refractivity contribution in [3.8, 4) is 0 Å². The Morgan fingerprint density at radius 3 is 2.11 bits per heavy atom. The van der Waals surface area contributed by atoms with E-state index in [2.05, 4.69) is 0 Å². The first-order chi connectivity index (χ1) is 8.70. The molecule has 19 heavy (non-hydrogen) atoms. The molecule has 0 saturated carbocycles. The highest BCUT2D eigenvalue weighted by Gasteiger charge is 2.30. The number of hydrogen-bond acceptors (Lipinski definition) is 3. The molecule has 0 unspecified atom stereocenters. The Morgan fingerprint density at radius 2 is 1.68 bits per heavy atom. The van der Waals surface area contributed by atoms with Gasteiger partial charge in [-0.2, -0.15) is 13.2 Å². The summed E-state index contributed by atoms with van der Waals surface area (Å²) in [4.78, 5) is 22.7. The summed E-state index contributed by atoms with van der Waals surface area (Å²) in [6.07, 6.45) is -5.10. The minimum Gasteiger partial charge on any atom is -0.457 e. The minimum absolute atomic E-state index is 0.274. The minimum atomic E-state index is -4.42. The van der Waals surface area contributed by atoms with E-state index in [1.54, 1.807) is 13.8 Å². The molecule has 6 heteroatoms. The van der Waals surface area contributed by atoms with Gasteiger partial charge in [0.1, 0.15) is 0 Å². The van der Waals surface area contributed by atoms with Crippen molar-refractivity contribution in [3.63, 3.8) is 0 Å². The van der Waals surface area contributed by atoms with Crippen LogP contribution in [0.4, 0.5) is 13.2 Å². The predicted octanol–water partition coefficient (Wildman–Crippen LogP) is 2.77. The van der Waals surface area contributed by atoms with E-state index in [1.165, 1.54) is 12.1 Å². The Bertz CT molecular complexity index is 461. The van der Waals surface area contributed by atoms with Crippen molar-refractivity contribution in [2.75, 3.05) is 0 Å². The fourth-order valence-electron chi connectivity index (χ4n) is 1.35. The number of ether oxygens (including phenoxy) is 1. The molecule has 1 aromatic rings. The Kier molecular flexibility index (Phi) is 4.69. The average Bonchev–Trinajstić information content (AvgIpc) is 2.27. The second kappa shape index (κ2) is 5.86. The van der Waals surface area contributed by atoms with Gasteiger partial charge >= 0.3 is 12.1 Å². The largest absolute Gasteiger partial charge is 0.457 e. The van der Waals surface area contributed by atoms with E-state index in [0.717, 1.165) is 12.1 Å². The molecule has 1 rings (SSSR count). The summed E-state index contributed by atoms with van der Waals surface area (Å²) in [6.45, 7) is 3.20. The van der Waals surface area contributed by atoms with E-state index >= 15 is 0 Å². The van der Waals surface area contributed by atoms with Crippen molar-refractivity contribution in [1.82, 2.24) is 0 Å². The quantitative estimate of drug-likeness (QED) is 0.626. The second-order valence-electron chi connectivity index (χ2n) is 4.25. The molecule has 3 nitrogen and oxygen atoms in total. The molecule has 0 atom stereocenters. The van der Waals surface area contributed by atoms with Gasteiger partial charge in [0.25, 0.3) is 0 Å². The van der Waals surface area contributed by atoms with Crippen LogP contribution in [0, 0.1) is 0 Å². The lowest BCUT2D eigenvalue weighted by Crippen LogP contribution is -2.22. The predicted molar refractivity (Wildman–Crippen MR) is 61.4 cm³/mol. The molecule has 0 N–H and O–H groups in total. The van der Waals surface area contributed by atoms with Gasteiger partial charge in [0.15, 0.2) is 0 Å². The maximum atomic E-state index is 12.3. The second-order valence-corrected chi connectivity index (χ2v) is 4.25. The van der Waals surface area contributed by atoms with Crippen molar-refractivity contribution in [3.05, 3.63) is 35.4 Å². The van der Waals surface area contributed by atoms with Crippen LogP contribution in [0.25, 0.3) is 0 Å². The third kappa shape index (κ3) is 4.73. The maximum absolute atomic E-state index is 12.3. The van der Waals surface area contributed by atoms with Crippen LogP contribution in [0.1, 0.15) is 25.0 Å². The van der Waals surface area contributed by atoms with E-state index in [-0.39, 0.29) is 6.42 Å². The Morgan fingerprint density at radius 1 is 1.16 bits per heavy atom. The molecule has 0 amide bonds. The number of rotatable bonds is 4. The highest BCUT2D eigenvalue weighted by Crippen LogP contribution is 2.29. The van der Waals surface area contributed by atoms with Crippen molar-refractivity contribution >= 4 is 11.8 Å². The molecule has 0 aliphatic heterocycles. The fraction of sp³-hybridized carbons (Fsp3) is 0.385. The van der Waals surface area contributed by atoms with E-state index in [1.807, 2.05) is 0 Å². The standard InChI is InChI=1S/C13H13F3O3/c1-8(2)19-12(18)11(17)7-9-3-5-10(6-4-9)13(14,15)16/h3-6,8H,7H2,1-2H3. The molecule has 0 aliphatic rings. The van der Waals surface area contributed by atoms with E-state index in [4.69, 9.17) is 4.74 Å². The summed E-state index contributed by atoms with van der Waals surface area (Å²) < 4.78 is 41.6. The molecular weight excluding hydrogens is 261 g/mol. The molecule has 0 radical (unpaired) electrons. The number of ketones is 1. The number of esters is 1. The van der Waals surface area contributed by atoms with Crippen molar-refractivity contribution in [2.45, 2.75) is 32.5 Å². The van der Waals surface area contributed by atoms with Crippen LogP contribution in [-0.4, -0.2) is 17.9 Å². The number of benzene rings is 1. The zero-order chi connectivity index (χ0) is 14.6. The lowest BCUT2D eigenvalue weighted by molar-refractivity contribution is -0.156. The third-order valence-electron chi connectivity index (χ3n) is 2.22. The van der Waals surface area contributed by atoms with Crippen molar-refractivity contribution < 1.29 is 27.5 Å². The SMILES string of the molecule is CC(C)OC(=O)C(=O)Cc1ccc(C(F)(F)F)cc1. The summed E-state index contributed by atoms with van der Waals surface area (Å²) in [5.74, 6) is -1.76. The van der Waals surface area contributed by atoms with Gasteiger partial charge in [-0.25, -0.2) is 4.79 Å². The first kappa shape index (κ1) is 15.2. The van der Waals surface area contributed by atoms with E-state index in [9.17, 15) is 22.8 Å². The van der Waals surface area contributed by atoms with Gasteiger partial charge in [-0.05, 0) is 31.5 Å². The summed E-state index contributed by atoms with van der Waals surface area (Å²) in [7, 11) is 0. The number of alkyl halides is 3. The molecule has 0 aromatic heterocycles. The number of Topliss-reactive ketones (excluding diaryl/α,β-unsaturated/α-hetero) is 1. The van der Waals surface area contributed by atoms with Gasteiger partial charge < -0.3 is 4.74 Å². The molecule has 0 aliphatic carbocycles. The lowest BCUT2D eigenvalue weighted by atomic mass is 10.1. The van der Waals surface area contributed by atoms with E-state index in [0.29, 0.717) is 5.56 Å². The van der Waals surface area contributed by atoms with Gasteiger partial charge in [0, 0.05) is 6.42 Å². The lowest BCUT2D eigenvalue weighted by Gasteiger charge is -2.08. The number of halogens is 3. The monoisotopic (exact) mass is 274 g/mol. The van der Waals surface area contributed by atoms with E-state index < -0.39 is 29.6 Å². The van der Waals surface area contributed by atoms with Crippen LogP contribution >= 0.6 is 0 Å². The summed E-state index contributed by atoms with van der Waals surface area (Å²) >= 11 is 0. The number of carbonyl (C=O) groups excluding carboxylic acids is 2. The normalized spacial score (nSPS) is 11.5. The van der Waals surface area contributed by atoms with Crippen LogP contribution in [0.15, 0.2) is 24.3 Å². The zero-order valence-corrected chi connectivity index (χ0v) is 10.5. The highest BCUT2D eigenvalue weighted by molar-refractivity contribution is 6.34. The molecule has 0 bridgehead atoms. The van der Waals surface area contributed by atoms with Crippen molar-refractivity contribution in [2.24, 2.45) is 0 Å². The van der Waals surface area contributed by atoms with Gasteiger partial charge in [-0.15, -0.1) is 0 Å². The van der Waals surface area contributed by atoms with Crippen LogP contribution < -0.4 is 0 Å².